The van der Waals surface area contributed by atoms with Gasteiger partial charge in [-0.25, -0.2) is 4.39 Å². The van der Waals surface area contributed by atoms with Crippen molar-refractivity contribution >= 4 is 23.2 Å². The van der Waals surface area contributed by atoms with E-state index in [0.717, 1.165) is 11.6 Å². The van der Waals surface area contributed by atoms with Crippen LogP contribution in [0.25, 0.3) is 0 Å². The third-order valence-corrected chi connectivity index (χ3v) is 3.83. The van der Waals surface area contributed by atoms with Crippen LogP contribution in [-0.4, -0.2) is 11.8 Å². The minimum atomic E-state index is -0.786. The summed E-state index contributed by atoms with van der Waals surface area (Å²) in [5.74, 6) is -1.72. The molecule has 0 aliphatic rings. The fraction of sp³-hybridized carbons (Fsp3) is 0.0500. The van der Waals surface area contributed by atoms with E-state index in [1.165, 1.54) is 24.5 Å². The zero-order chi connectivity index (χ0) is 19.4. The van der Waals surface area contributed by atoms with Gasteiger partial charge >= 0.3 is 0 Å². The summed E-state index contributed by atoms with van der Waals surface area (Å²) in [7, 11) is 0. The number of furan rings is 1. The number of amides is 2. The summed E-state index contributed by atoms with van der Waals surface area (Å²) in [5.41, 5.74) is 1.54. The third-order valence-electron chi connectivity index (χ3n) is 3.83. The highest BCUT2D eigenvalue weighted by molar-refractivity contribution is 6.06. The van der Waals surface area contributed by atoms with Gasteiger partial charge < -0.3 is 15.1 Å². The van der Waals surface area contributed by atoms with Crippen molar-refractivity contribution in [2.45, 2.75) is 6.92 Å². The standard InChI is InChI=1S/C20H14FN3O3/c1-12-4-6-14(23-20(26)18-3-2-8-27-18)10-17(12)24-19(25)15-7-5-13(11-22)9-16(15)21/h2-10H,1H3,(H,23,26)(H,24,25). The zero-order valence-electron chi connectivity index (χ0n) is 14.2. The van der Waals surface area contributed by atoms with Crippen LogP contribution >= 0.6 is 0 Å². The van der Waals surface area contributed by atoms with E-state index >= 15 is 0 Å². The van der Waals surface area contributed by atoms with Gasteiger partial charge in [-0.05, 0) is 55.0 Å². The first kappa shape index (κ1) is 17.9. The highest BCUT2D eigenvalue weighted by atomic mass is 19.1. The molecule has 0 spiro atoms. The van der Waals surface area contributed by atoms with Crippen LogP contribution < -0.4 is 10.6 Å². The first-order chi connectivity index (χ1) is 13.0. The summed E-state index contributed by atoms with van der Waals surface area (Å²) >= 11 is 0. The van der Waals surface area contributed by atoms with Gasteiger partial charge in [0, 0.05) is 11.4 Å². The molecular weight excluding hydrogens is 349 g/mol. The molecule has 2 amide bonds. The monoisotopic (exact) mass is 363 g/mol. The molecule has 0 fully saturated rings. The van der Waals surface area contributed by atoms with Crippen LogP contribution in [0.3, 0.4) is 0 Å². The Morgan fingerprint density at radius 2 is 1.89 bits per heavy atom. The number of rotatable bonds is 4. The van der Waals surface area contributed by atoms with Crippen molar-refractivity contribution in [3.63, 3.8) is 0 Å². The van der Waals surface area contributed by atoms with Gasteiger partial charge in [-0.15, -0.1) is 0 Å². The molecule has 3 rings (SSSR count). The largest absolute Gasteiger partial charge is 0.459 e. The van der Waals surface area contributed by atoms with E-state index in [-0.39, 0.29) is 16.9 Å². The summed E-state index contributed by atoms with van der Waals surface area (Å²) in [5, 5.41) is 14.0. The van der Waals surface area contributed by atoms with E-state index in [9.17, 15) is 14.0 Å². The van der Waals surface area contributed by atoms with Crippen molar-refractivity contribution < 1.29 is 18.4 Å². The van der Waals surface area contributed by atoms with Crippen molar-refractivity contribution in [1.82, 2.24) is 0 Å². The van der Waals surface area contributed by atoms with Crippen molar-refractivity contribution in [1.29, 1.82) is 5.26 Å². The molecule has 1 heterocycles. The lowest BCUT2D eigenvalue weighted by molar-refractivity contribution is 0.0994. The highest BCUT2D eigenvalue weighted by Crippen LogP contribution is 2.22. The average molecular weight is 363 g/mol. The van der Waals surface area contributed by atoms with Gasteiger partial charge in [0.25, 0.3) is 11.8 Å². The summed E-state index contributed by atoms with van der Waals surface area (Å²) in [6, 6.07) is 13.5. The fourth-order valence-electron chi connectivity index (χ4n) is 2.39. The molecule has 3 aromatic rings. The molecule has 2 aromatic carbocycles. The number of halogens is 1. The van der Waals surface area contributed by atoms with Gasteiger partial charge in [-0.2, -0.15) is 5.26 Å². The van der Waals surface area contributed by atoms with E-state index in [4.69, 9.17) is 9.68 Å². The Bertz CT molecular complexity index is 1050. The number of carbonyl (C=O) groups is 2. The SMILES string of the molecule is Cc1ccc(NC(=O)c2ccco2)cc1NC(=O)c1ccc(C#N)cc1F. The van der Waals surface area contributed by atoms with Gasteiger partial charge in [-0.1, -0.05) is 6.07 Å². The van der Waals surface area contributed by atoms with Crippen molar-refractivity contribution in [2.75, 3.05) is 10.6 Å². The molecule has 0 radical (unpaired) electrons. The van der Waals surface area contributed by atoms with Gasteiger partial charge in [0.1, 0.15) is 5.82 Å². The van der Waals surface area contributed by atoms with Crippen LogP contribution in [0, 0.1) is 24.1 Å². The fourth-order valence-corrected chi connectivity index (χ4v) is 2.39. The number of carbonyl (C=O) groups excluding carboxylic acids is 2. The molecule has 0 bridgehead atoms. The quantitative estimate of drug-likeness (QED) is 0.729. The molecule has 7 heteroatoms. The van der Waals surface area contributed by atoms with Crippen LogP contribution in [0.4, 0.5) is 15.8 Å². The summed E-state index contributed by atoms with van der Waals surface area (Å²) < 4.78 is 19.0. The van der Waals surface area contributed by atoms with Gasteiger partial charge in [0.05, 0.1) is 23.5 Å². The Morgan fingerprint density at radius 1 is 1.07 bits per heavy atom. The third kappa shape index (κ3) is 4.02. The predicted molar refractivity (Wildman–Crippen MR) is 96.9 cm³/mol. The number of anilines is 2. The Labute approximate surface area is 154 Å². The average Bonchev–Trinajstić information content (AvgIpc) is 3.19. The van der Waals surface area contributed by atoms with E-state index in [2.05, 4.69) is 10.6 Å². The van der Waals surface area contributed by atoms with Crippen LogP contribution in [-0.2, 0) is 0 Å². The minimum Gasteiger partial charge on any atom is -0.459 e. The molecule has 0 saturated carbocycles. The molecule has 0 saturated heterocycles. The molecule has 0 aliphatic carbocycles. The Kier molecular flexibility index (Phi) is 4.99. The molecule has 2 N–H and O–H groups in total. The van der Waals surface area contributed by atoms with Crippen LogP contribution in [0.1, 0.15) is 32.0 Å². The smallest absolute Gasteiger partial charge is 0.291 e. The second kappa shape index (κ2) is 7.54. The maximum absolute atomic E-state index is 14.0. The molecule has 6 nitrogen and oxygen atoms in total. The van der Waals surface area contributed by atoms with Crippen LogP contribution in [0.2, 0.25) is 0 Å². The lowest BCUT2D eigenvalue weighted by Crippen LogP contribution is -2.15. The zero-order valence-corrected chi connectivity index (χ0v) is 14.2. The summed E-state index contributed by atoms with van der Waals surface area (Å²) in [6.07, 6.45) is 1.39. The molecular formula is C20H14FN3O3. The predicted octanol–water partition coefficient (Wildman–Crippen LogP) is 4.10. The Balaban J connectivity index is 1.79. The number of hydrogen-bond donors (Lipinski definition) is 2. The molecule has 0 atom stereocenters. The lowest BCUT2D eigenvalue weighted by Gasteiger charge is -2.12. The van der Waals surface area contributed by atoms with Gasteiger partial charge in [0.2, 0.25) is 0 Å². The van der Waals surface area contributed by atoms with E-state index in [1.807, 2.05) is 6.07 Å². The number of hydrogen-bond acceptors (Lipinski definition) is 4. The second-order valence-corrected chi connectivity index (χ2v) is 5.72. The van der Waals surface area contributed by atoms with E-state index < -0.39 is 17.6 Å². The number of aryl methyl sites for hydroxylation is 1. The normalized spacial score (nSPS) is 10.1. The molecule has 134 valence electrons. The summed E-state index contributed by atoms with van der Waals surface area (Å²) in [6.45, 7) is 1.77. The molecule has 27 heavy (non-hydrogen) atoms. The van der Waals surface area contributed by atoms with Crippen molar-refractivity contribution in [3.05, 3.63) is 83.1 Å². The highest BCUT2D eigenvalue weighted by Gasteiger charge is 2.15. The van der Waals surface area contributed by atoms with Crippen LogP contribution in [0.5, 0.6) is 0 Å². The first-order valence-corrected chi connectivity index (χ1v) is 7.94. The lowest BCUT2D eigenvalue weighted by atomic mass is 10.1. The van der Waals surface area contributed by atoms with Gasteiger partial charge in [0.15, 0.2) is 5.76 Å². The maximum atomic E-state index is 14.0. The molecule has 0 unspecified atom stereocenters. The van der Waals surface area contributed by atoms with E-state index in [0.29, 0.717) is 11.4 Å². The Hall–Kier alpha value is -3.92. The minimum absolute atomic E-state index is 0.128. The Morgan fingerprint density at radius 3 is 2.56 bits per heavy atom. The van der Waals surface area contributed by atoms with Gasteiger partial charge in [-0.3, -0.25) is 9.59 Å². The first-order valence-electron chi connectivity index (χ1n) is 7.94. The van der Waals surface area contributed by atoms with Crippen molar-refractivity contribution in [3.8, 4) is 6.07 Å². The number of benzene rings is 2. The van der Waals surface area contributed by atoms with Crippen LogP contribution in [0.15, 0.2) is 59.2 Å². The van der Waals surface area contributed by atoms with Crippen molar-refractivity contribution in [2.24, 2.45) is 0 Å². The summed E-state index contributed by atoms with van der Waals surface area (Å²) in [4.78, 5) is 24.4. The molecule has 1 aromatic heterocycles. The topological polar surface area (TPSA) is 95.1 Å². The number of nitriles is 1. The number of nitrogens with one attached hydrogen (secondary N) is 2. The molecule has 0 aliphatic heterocycles. The maximum Gasteiger partial charge on any atom is 0.291 e. The second-order valence-electron chi connectivity index (χ2n) is 5.72. The van der Waals surface area contributed by atoms with E-state index in [1.54, 1.807) is 31.2 Å². The number of nitrogens with zero attached hydrogens (tertiary/aromatic N) is 1.